The van der Waals surface area contributed by atoms with Crippen LogP contribution in [0.1, 0.15) is 44.8 Å². The maximum absolute atomic E-state index is 13.0. The van der Waals surface area contributed by atoms with Crippen molar-refractivity contribution in [2.75, 3.05) is 22.9 Å². The Bertz CT molecular complexity index is 3490. The van der Waals surface area contributed by atoms with Gasteiger partial charge in [-0.25, -0.2) is 9.97 Å². The van der Waals surface area contributed by atoms with Gasteiger partial charge in [0.25, 0.3) is 0 Å². The van der Waals surface area contributed by atoms with E-state index in [1.807, 2.05) is 12.1 Å². The molecule has 0 aliphatic heterocycles. The van der Waals surface area contributed by atoms with Crippen LogP contribution in [0.25, 0.3) is 22.3 Å². The van der Waals surface area contributed by atoms with Crippen LogP contribution >= 0.6 is 46.4 Å². The quantitative estimate of drug-likeness (QED) is 0.0387. The average Bonchev–Trinajstić information content (AvgIpc) is 3.36. The van der Waals surface area contributed by atoms with Crippen LogP contribution in [0, 0.1) is 0 Å². The molecular formula is C52H48Cl4F2N8O8S3. The molecule has 8 aromatic rings. The van der Waals surface area contributed by atoms with Gasteiger partial charge in [0.05, 0.1) is 41.3 Å². The van der Waals surface area contributed by atoms with Crippen molar-refractivity contribution in [3.05, 3.63) is 198 Å². The molecule has 0 radical (unpaired) electrons. The number of aromatic nitrogens is 4. The van der Waals surface area contributed by atoms with Gasteiger partial charge in [0.2, 0.25) is 11.9 Å². The Morgan fingerprint density at radius 3 is 0.870 bits per heavy atom. The molecule has 404 valence electrons. The number of nitrogens with two attached hydrogens (primary N) is 4. The number of rotatable bonds is 16. The van der Waals surface area contributed by atoms with E-state index in [-0.39, 0.29) is 33.3 Å². The van der Waals surface area contributed by atoms with Gasteiger partial charge in [-0.3, -0.25) is 9.11 Å². The van der Waals surface area contributed by atoms with Crippen molar-refractivity contribution in [1.29, 1.82) is 0 Å². The lowest BCUT2D eigenvalue weighted by molar-refractivity contribution is 0.380. The Balaban J connectivity index is 0.000000229. The van der Waals surface area contributed by atoms with Crippen molar-refractivity contribution in [3.8, 4) is 22.3 Å². The molecule has 0 saturated heterocycles. The van der Waals surface area contributed by atoms with Gasteiger partial charge in [-0.1, -0.05) is 131 Å². The molecule has 0 aliphatic carbocycles. The Morgan fingerprint density at radius 1 is 0.377 bits per heavy atom. The van der Waals surface area contributed by atoms with E-state index in [4.69, 9.17) is 86.9 Å². The summed E-state index contributed by atoms with van der Waals surface area (Å²) in [6.45, 7) is 0. The minimum absolute atomic E-state index is 0.110. The van der Waals surface area contributed by atoms with E-state index in [0.717, 1.165) is 68.7 Å². The number of anilines is 4. The topological polar surface area (TPSA) is 299 Å². The Labute approximate surface area is 464 Å². The van der Waals surface area contributed by atoms with E-state index < -0.39 is 30.8 Å². The highest BCUT2D eigenvalue weighted by Gasteiger charge is 2.18. The van der Waals surface area contributed by atoms with Gasteiger partial charge in [0, 0.05) is 11.1 Å². The first kappa shape index (κ1) is 59.7. The second kappa shape index (κ2) is 26.2. The number of aryl methyl sites for hydroxylation is 8. The Hall–Kier alpha value is -6.53. The van der Waals surface area contributed by atoms with E-state index in [0.29, 0.717) is 69.7 Å². The minimum Gasteiger partial charge on any atom is -0.383 e. The van der Waals surface area contributed by atoms with E-state index >= 15 is 0 Å². The molecule has 10 N–H and O–H groups in total. The molecule has 0 fully saturated rings. The minimum atomic E-state index is -4.68. The molecular weight excluding hydrogens is 1140 g/mol. The second-order valence-corrected chi connectivity index (χ2v) is 22.3. The fourth-order valence-corrected chi connectivity index (χ4v) is 9.39. The molecule has 0 saturated carbocycles. The summed E-state index contributed by atoms with van der Waals surface area (Å²) >= 11 is 24.5. The van der Waals surface area contributed by atoms with Crippen molar-refractivity contribution in [2.45, 2.75) is 61.2 Å². The predicted molar refractivity (Wildman–Crippen MR) is 299 cm³/mol. The summed E-state index contributed by atoms with van der Waals surface area (Å²) in [5.41, 5.74) is 34.8. The van der Waals surface area contributed by atoms with Gasteiger partial charge in [0.1, 0.15) is 11.6 Å². The van der Waals surface area contributed by atoms with Crippen LogP contribution < -0.4 is 22.9 Å². The molecule has 0 atom stereocenters. The molecule has 77 heavy (non-hydrogen) atoms. The highest BCUT2D eigenvalue weighted by Crippen LogP contribution is 2.35. The number of nitrogens with zero attached hydrogens (tertiary/aromatic N) is 4. The monoisotopic (exact) mass is 1190 g/mol. The van der Waals surface area contributed by atoms with Crippen LogP contribution in [0.4, 0.5) is 31.3 Å². The molecule has 25 heteroatoms. The van der Waals surface area contributed by atoms with Crippen molar-refractivity contribution >= 4 is 101 Å². The van der Waals surface area contributed by atoms with E-state index in [2.05, 4.69) is 68.5 Å². The lowest BCUT2D eigenvalue weighted by Crippen LogP contribution is -2.08. The number of nitrogen functional groups attached to an aromatic ring is 4. The predicted octanol–water partition coefficient (Wildman–Crippen LogP) is 11.0. The zero-order valence-corrected chi connectivity index (χ0v) is 45.8. The lowest BCUT2D eigenvalue weighted by atomic mass is 9.98. The molecule has 0 amide bonds. The molecule has 0 bridgehead atoms. The zero-order chi connectivity index (χ0) is 56.2. The van der Waals surface area contributed by atoms with Gasteiger partial charge < -0.3 is 22.9 Å². The first-order valence-electron chi connectivity index (χ1n) is 22.9. The maximum atomic E-state index is 13.0. The van der Waals surface area contributed by atoms with Crippen LogP contribution in [-0.2, 0) is 82.2 Å². The van der Waals surface area contributed by atoms with Crippen molar-refractivity contribution < 1.29 is 42.1 Å². The lowest BCUT2D eigenvalue weighted by Gasteiger charge is -2.13. The van der Waals surface area contributed by atoms with Crippen LogP contribution in [0.3, 0.4) is 0 Å². The summed E-state index contributed by atoms with van der Waals surface area (Å²) in [6, 6.07) is 38.6. The summed E-state index contributed by atoms with van der Waals surface area (Å²) in [6.07, 6.45) is 5.56. The van der Waals surface area contributed by atoms with Gasteiger partial charge in [-0.2, -0.15) is 35.2 Å². The van der Waals surface area contributed by atoms with Gasteiger partial charge in [0.15, 0.2) is 0 Å². The average molecular weight is 1190 g/mol. The first-order chi connectivity index (χ1) is 36.2. The number of hydrogen-bond donors (Lipinski definition) is 6. The molecule has 0 aliphatic rings. The fourth-order valence-electron chi connectivity index (χ4n) is 7.87. The zero-order valence-electron chi connectivity index (χ0n) is 40.3. The van der Waals surface area contributed by atoms with Crippen molar-refractivity contribution in [1.82, 2.24) is 19.9 Å². The van der Waals surface area contributed by atoms with Crippen LogP contribution in [0.15, 0.2) is 143 Å². The largest absolute Gasteiger partial charge is 0.394 e. The molecule has 0 spiro atoms. The standard InChI is InChI=1S/2C26H23Cl2FN4O2S.H2O4S/c2*27-21-13-10-19(15-22(21)28)24-23(32-26(31)33-25(24)30)14-9-17-4-1-16(2-5-17)3-6-18-7-11-20(12-8-18)36(29,34)35;1-5(2,3)4/h2*1-2,4-5,7-8,10-13,15H,3,6,9,14H2,(H4,30,31,32,33);(H2,1,2,3,4). The van der Waals surface area contributed by atoms with Crippen LogP contribution in [0.5, 0.6) is 0 Å². The Kier molecular flexibility index (Phi) is 20.3. The molecule has 2 aromatic heterocycles. The number of benzene rings is 6. The summed E-state index contributed by atoms with van der Waals surface area (Å²) in [5.74, 6) is 0.782. The van der Waals surface area contributed by atoms with E-state index in [9.17, 15) is 24.6 Å². The normalized spacial score (nSPS) is 11.5. The third-order valence-electron chi connectivity index (χ3n) is 11.6. The first-order valence-corrected chi connectivity index (χ1v) is 28.5. The second-order valence-electron chi connectivity index (χ2n) is 17.1. The molecule has 16 nitrogen and oxygen atoms in total. The molecule has 0 unspecified atom stereocenters. The van der Waals surface area contributed by atoms with Crippen LogP contribution in [0.2, 0.25) is 20.1 Å². The summed E-state index contributed by atoms with van der Waals surface area (Å²) < 4.78 is 101. The van der Waals surface area contributed by atoms with Gasteiger partial charge in [-0.05, 0) is 144 Å². The van der Waals surface area contributed by atoms with Crippen molar-refractivity contribution in [2.24, 2.45) is 0 Å². The fraction of sp³-hybridized carbons (Fsp3) is 0.154. The maximum Gasteiger partial charge on any atom is 0.394 e. The number of hydrogen-bond acceptors (Lipinski definition) is 14. The van der Waals surface area contributed by atoms with Crippen LogP contribution in [-0.4, -0.2) is 54.3 Å². The smallest absolute Gasteiger partial charge is 0.383 e. The summed E-state index contributed by atoms with van der Waals surface area (Å²) in [7, 11) is -14.0. The van der Waals surface area contributed by atoms with Gasteiger partial charge >= 0.3 is 30.8 Å². The van der Waals surface area contributed by atoms with E-state index in [1.165, 1.54) is 24.3 Å². The summed E-state index contributed by atoms with van der Waals surface area (Å²) in [5, 5.41) is 1.72. The van der Waals surface area contributed by atoms with Gasteiger partial charge in [-0.15, -0.1) is 7.77 Å². The molecule has 8 rings (SSSR count). The third-order valence-corrected chi connectivity index (χ3v) is 14.8. The SMILES string of the molecule is Nc1nc(N)c(-c2ccc(Cl)c(Cl)c2)c(CCc2ccc(CCc3ccc(S(=O)(=O)F)cc3)cc2)n1.Nc1nc(N)c(-c2ccc(Cl)c(Cl)c2)c(CCc2ccc(CCc3ccc(S(=O)(=O)F)cc3)cc2)n1.O=S(=O)(O)O. The third kappa shape index (κ3) is 18.3. The number of halogens is 6. The molecule has 6 aromatic carbocycles. The van der Waals surface area contributed by atoms with E-state index in [1.54, 1.807) is 48.5 Å². The summed E-state index contributed by atoms with van der Waals surface area (Å²) in [4.78, 5) is 16.4. The highest BCUT2D eigenvalue weighted by molar-refractivity contribution is 7.86. The Morgan fingerprint density at radius 2 is 0.623 bits per heavy atom. The molecule has 2 heterocycles. The highest BCUT2D eigenvalue weighted by atomic mass is 35.5. The van der Waals surface area contributed by atoms with Crippen molar-refractivity contribution in [3.63, 3.8) is 0 Å².